The van der Waals surface area contributed by atoms with Gasteiger partial charge in [0.05, 0.1) is 12.0 Å². The van der Waals surface area contributed by atoms with Gasteiger partial charge >= 0.3 is 0 Å². The summed E-state index contributed by atoms with van der Waals surface area (Å²) in [4.78, 5) is 21.8. The van der Waals surface area contributed by atoms with Gasteiger partial charge in [0.1, 0.15) is 0 Å². The molecule has 0 atom stereocenters. The molecule has 0 aromatic heterocycles. The fraction of sp³-hybridized carbons (Fsp3) is 0.900. The van der Waals surface area contributed by atoms with Crippen LogP contribution in [-0.4, -0.2) is 75.0 Å². The number of guanidine groups is 1. The summed E-state index contributed by atoms with van der Waals surface area (Å²) in [6.45, 7) is 10.2. The molecule has 150 valence electrons. The highest BCUT2D eigenvalue weighted by Gasteiger charge is 2.42. The second kappa shape index (κ2) is 10.1. The average molecular weight is 366 g/mol. The first-order valence-electron chi connectivity index (χ1n) is 10.4. The first kappa shape index (κ1) is 21.0. The fourth-order valence-corrected chi connectivity index (χ4v) is 4.16. The molecule has 0 radical (unpaired) electrons. The number of nitrogens with zero attached hydrogens (tertiary/aromatic N) is 3. The lowest BCUT2D eigenvalue weighted by molar-refractivity contribution is -0.138. The van der Waals surface area contributed by atoms with Crippen LogP contribution in [0.4, 0.5) is 0 Å². The lowest BCUT2D eigenvalue weighted by atomic mass is 9.85. The van der Waals surface area contributed by atoms with Crippen molar-refractivity contribution in [3.63, 3.8) is 0 Å². The zero-order chi connectivity index (χ0) is 19.0. The molecule has 1 heterocycles. The van der Waals surface area contributed by atoms with Crippen LogP contribution in [0.25, 0.3) is 0 Å². The van der Waals surface area contributed by atoms with Crippen molar-refractivity contribution in [3.05, 3.63) is 0 Å². The number of hydrogen-bond donors (Lipinski definition) is 2. The van der Waals surface area contributed by atoms with Gasteiger partial charge < -0.3 is 20.4 Å². The van der Waals surface area contributed by atoms with Gasteiger partial charge in [-0.25, -0.2) is 0 Å². The Bertz CT molecular complexity index is 463. The van der Waals surface area contributed by atoms with E-state index in [2.05, 4.69) is 29.4 Å². The van der Waals surface area contributed by atoms with Gasteiger partial charge in [0.15, 0.2) is 5.96 Å². The minimum Gasteiger partial charge on any atom is -0.357 e. The van der Waals surface area contributed by atoms with Crippen LogP contribution in [0.3, 0.4) is 0 Å². The number of carbonyl (C=O) groups is 1. The Hall–Kier alpha value is -1.30. The van der Waals surface area contributed by atoms with E-state index in [1.165, 1.54) is 25.9 Å². The molecule has 6 nitrogen and oxygen atoms in total. The van der Waals surface area contributed by atoms with Gasteiger partial charge in [0.25, 0.3) is 0 Å². The van der Waals surface area contributed by atoms with E-state index in [-0.39, 0.29) is 11.3 Å². The Morgan fingerprint density at radius 2 is 1.85 bits per heavy atom. The van der Waals surface area contributed by atoms with Crippen LogP contribution in [0.15, 0.2) is 4.99 Å². The Kier molecular flexibility index (Phi) is 8.19. The molecule has 1 aliphatic carbocycles. The molecule has 2 N–H and O–H groups in total. The van der Waals surface area contributed by atoms with E-state index in [0.717, 1.165) is 57.2 Å². The van der Waals surface area contributed by atoms with E-state index >= 15 is 0 Å². The van der Waals surface area contributed by atoms with Gasteiger partial charge in [0.2, 0.25) is 5.91 Å². The van der Waals surface area contributed by atoms with Crippen molar-refractivity contribution in [1.82, 2.24) is 20.4 Å². The number of carbonyl (C=O) groups excluding carboxylic acids is 1. The maximum Gasteiger partial charge on any atom is 0.230 e. The van der Waals surface area contributed by atoms with Crippen molar-refractivity contribution in [3.8, 4) is 0 Å². The predicted molar refractivity (Wildman–Crippen MR) is 108 cm³/mol. The molecular formula is C20H39N5O. The number of hydrogen-bond acceptors (Lipinski definition) is 3. The molecule has 1 amide bonds. The second-order valence-corrected chi connectivity index (χ2v) is 8.33. The summed E-state index contributed by atoms with van der Waals surface area (Å²) < 4.78 is 0. The molecule has 26 heavy (non-hydrogen) atoms. The summed E-state index contributed by atoms with van der Waals surface area (Å²) in [5, 5.41) is 6.79. The smallest absolute Gasteiger partial charge is 0.230 e. The molecule has 2 rings (SSSR count). The summed E-state index contributed by atoms with van der Waals surface area (Å²) in [7, 11) is 3.71. The molecule has 0 bridgehead atoms. The van der Waals surface area contributed by atoms with Crippen LogP contribution in [0.5, 0.6) is 0 Å². The molecule has 0 aromatic carbocycles. The zero-order valence-electron chi connectivity index (χ0n) is 17.3. The number of aliphatic imine (C=N–C) groups is 1. The molecule has 1 saturated carbocycles. The molecule has 0 unspecified atom stereocenters. The maximum atomic E-state index is 12.7. The van der Waals surface area contributed by atoms with Gasteiger partial charge in [-0.2, -0.15) is 0 Å². The van der Waals surface area contributed by atoms with Gasteiger partial charge in [-0.3, -0.25) is 9.79 Å². The first-order valence-corrected chi connectivity index (χ1v) is 10.4. The molecule has 2 fully saturated rings. The number of amides is 1. The summed E-state index contributed by atoms with van der Waals surface area (Å²) in [5.74, 6) is 1.95. The molecular weight excluding hydrogens is 326 g/mol. The van der Waals surface area contributed by atoms with Crippen molar-refractivity contribution >= 4 is 11.9 Å². The van der Waals surface area contributed by atoms with E-state index in [1.807, 2.05) is 14.1 Å². The highest BCUT2D eigenvalue weighted by molar-refractivity contribution is 5.84. The predicted octanol–water partition coefficient (Wildman–Crippen LogP) is 1.92. The Balaban J connectivity index is 1.87. The molecule has 1 aliphatic heterocycles. The summed E-state index contributed by atoms with van der Waals surface area (Å²) >= 11 is 0. The van der Waals surface area contributed by atoms with Crippen molar-refractivity contribution in [2.75, 3.05) is 53.4 Å². The minimum absolute atomic E-state index is 0.233. The Morgan fingerprint density at radius 3 is 2.42 bits per heavy atom. The summed E-state index contributed by atoms with van der Waals surface area (Å²) in [6, 6.07) is 0. The number of nitrogens with one attached hydrogen (secondary N) is 2. The number of piperidine rings is 1. The van der Waals surface area contributed by atoms with Gasteiger partial charge in [0, 0.05) is 33.7 Å². The van der Waals surface area contributed by atoms with Crippen LogP contribution < -0.4 is 10.6 Å². The lowest BCUT2D eigenvalue weighted by Crippen LogP contribution is -2.45. The van der Waals surface area contributed by atoms with E-state index < -0.39 is 0 Å². The third-order valence-electron chi connectivity index (χ3n) is 5.90. The minimum atomic E-state index is -0.297. The van der Waals surface area contributed by atoms with Crippen LogP contribution in [0.2, 0.25) is 0 Å². The zero-order valence-corrected chi connectivity index (χ0v) is 17.3. The molecule has 0 aromatic rings. The van der Waals surface area contributed by atoms with Crippen LogP contribution >= 0.6 is 0 Å². The number of likely N-dealkylation sites (tertiary alicyclic amines) is 1. The van der Waals surface area contributed by atoms with Crippen LogP contribution in [0, 0.1) is 11.3 Å². The largest absolute Gasteiger partial charge is 0.357 e. The summed E-state index contributed by atoms with van der Waals surface area (Å²) in [5.41, 5.74) is -0.297. The fourth-order valence-electron chi connectivity index (χ4n) is 4.16. The Labute approximate surface area is 159 Å². The van der Waals surface area contributed by atoms with Crippen LogP contribution in [-0.2, 0) is 4.79 Å². The first-order chi connectivity index (χ1) is 12.5. The van der Waals surface area contributed by atoms with Gasteiger partial charge in [-0.1, -0.05) is 19.8 Å². The van der Waals surface area contributed by atoms with Crippen molar-refractivity contribution < 1.29 is 4.79 Å². The average Bonchev–Trinajstić information content (AvgIpc) is 3.10. The lowest BCUT2D eigenvalue weighted by Gasteiger charge is -2.30. The molecule has 0 spiro atoms. The van der Waals surface area contributed by atoms with E-state index in [4.69, 9.17) is 4.99 Å². The normalized spacial score (nSPS) is 21.6. The molecule has 2 aliphatic rings. The van der Waals surface area contributed by atoms with Gasteiger partial charge in [-0.15, -0.1) is 0 Å². The SMILES string of the molecule is CCNC(=NCC1(C(=O)N(C)C)CCCC1)NCCN1CCC(C)CC1. The quantitative estimate of drug-likeness (QED) is 0.535. The van der Waals surface area contributed by atoms with E-state index in [1.54, 1.807) is 4.90 Å². The highest BCUT2D eigenvalue weighted by Crippen LogP contribution is 2.39. The highest BCUT2D eigenvalue weighted by atomic mass is 16.2. The van der Waals surface area contributed by atoms with E-state index in [0.29, 0.717) is 6.54 Å². The van der Waals surface area contributed by atoms with Crippen molar-refractivity contribution in [2.24, 2.45) is 16.3 Å². The third-order valence-corrected chi connectivity index (χ3v) is 5.90. The topological polar surface area (TPSA) is 60.0 Å². The maximum absolute atomic E-state index is 12.7. The summed E-state index contributed by atoms with van der Waals surface area (Å²) in [6.07, 6.45) is 6.79. The Morgan fingerprint density at radius 1 is 1.19 bits per heavy atom. The second-order valence-electron chi connectivity index (χ2n) is 8.33. The van der Waals surface area contributed by atoms with Crippen molar-refractivity contribution in [2.45, 2.75) is 52.4 Å². The standard InChI is InChI=1S/C20H39N5O/c1-5-21-19(22-12-15-25-13-8-17(2)9-14-25)23-16-20(10-6-7-11-20)18(26)24(3)4/h17H,5-16H2,1-4H3,(H2,21,22,23). The number of rotatable bonds is 7. The van der Waals surface area contributed by atoms with E-state index in [9.17, 15) is 4.79 Å². The molecule has 6 heteroatoms. The van der Waals surface area contributed by atoms with Gasteiger partial charge in [-0.05, 0) is 51.6 Å². The van der Waals surface area contributed by atoms with Crippen LogP contribution in [0.1, 0.15) is 52.4 Å². The molecule has 1 saturated heterocycles. The van der Waals surface area contributed by atoms with Crippen molar-refractivity contribution in [1.29, 1.82) is 0 Å². The third kappa shape index (κ3) is 5.86. The monoisotopic (exact) mass is 365 g/mol.